The molecule has 0 fully saturated rings. The van der Waals surface area contributed by atoms with Crippen LogP contribution < -0.4 is 10.1 Å². The lowest BCUT2D eigenvalue weighted by Crippen LogP contribution is -2.15. The van der Waals surface area contributed by atoms with Crippen molar-refractivity contribution in [3.05, 3.63) is 60.2 Å². The first-order valence-electron chi connectivity index (χ1n) is 6.89. The van der Waals surface area contributed by atoms with Gasteiger partial charge in [0.1, 0.15) is 12.4 Å². The van der Waals surface area contributed by atoms with Gasteiger partial charge in [-0.15, -0.1) is 0 Å². The minimum atomic E-state index is -0.737. The topological polar surface area (TPSA) is 64.9 Å². The van der Waals surface area contributed by atoms with E-state index in [9.17, 15) is 8.78 Å². The number of tetrazole rings is 1. The van der Waals surface area contributed by atoms with Gasteiger partial charge >= 0.3 is 0 Å². The molecule has 0 bridgehead atoms. The molecule has 2 aromatic carbocycles. The zero-order valence-electron chi connectivity index (χ0n) is 12.0. The summed E-state index contributed by atoms with van der Waals surface area (Å²) in [5.74, 6) is -0.940. The highest BCUT2D eigenvalue weighted by molar-refractivity contribution is 5.38. The molecular formula is C15H13F2N5O. The summed E-state index contributed by atoms with van der Waals surface area (Å²) in [6, 6.07) is 12.5. The Kier molecular flexibility index (Phi) is 4.41. The van der Waals surface area contributed by atoms with E-state index in [1.807, 2.05) is 30.3 Å². The number of aromatic nitrogens is 4. The maximum atomic E-state index is 13.4. The van der Waals surface area contributed by atoms with E-state index in [-0.39, 0.29) is 12.4 Å². The lowest BCUT2D eigenvalue weighted by Gasteiger charge is -2.09. The predicted molar refractivity (Wildman–Crippen MR) is 79.5 cm³/mol. The van der Waals surface area contributed by atoms with Gasteiger partial charge in [-0.1, -0.05) is 23.3 Å². The maximum absolute atomic E-state index is 13.4. The third-order valence-corrected chi connectivity index (χ3v) is 3.01. The molecule has 0 atom stereocenters. The number of anilines is 1. The third-order valence-electron chi connectivity index (χ3n) is 3.01. The monoisotopic (exact) mass is 317 g/mol. The van der Waals surface area contributed by atoms with Crippen molar-refractivity contribution in [3.63, 3.8) is 0 Å². The van der Waals surface area contributed by atoms with Crippen LogP contribution in [0.5, 0.6) is 5.75 Å². The molecule has 0 aliphatic carbocycles. The average molecular weight is 317 g/mol. The minimum absolute atomic E-state index is 0.00384. The van der Waals surface area contributed by atoms with E-state index in [4.69, 9.17) is 4.74 Å². The van der Waals surface area contributed by atoms with Crippen molar-refractivity contribution in [3.8, 4) is 11.4 Å². The standard InChI is InChI=1S/C15H13F2N5O/c16-11-6-7-14(13(17)10-11)23-9-8-18-15-19-20-21-22(15)12-4-2-1-3-5-12/h1-7,10H,8-9H2,(H,18,19,21). The summed E-state index contributed by atoms with van der Waals surface area (Å²) in [7, 11) is 0. The van der Waals surface area contributed by atoms with E-state index in [0.717, 1.165) is 17.8 Å². The molecule has 1 aromatic heterocycles. The smallest absolute Gasteiger partial charge is 0.247 e. The highest BCUT2D eigenvalue weighted by Crippen LogP contribution is 2.17. The number of nitrogens with one attached hydrogen (secondary N) is 1. The van der Waals surface area contributed by atoms with Gasteiger partial charge in [0.15, 0.2) is 11.6 Å². The van der Waals surface area contributed by atoms with Gasteiger partial charge in [-0.05, 0) is 34.7 Å². The van der Waals surface area contributed by atoms with Gasteiger partial charge in [0.2, 0.25) is 5.95 Å². The van der Waals surface area contributed by atoms with Crippen molar-refractivity contribution in [2.24, 2.45) is 0 Å². The number of ether oxygens (including phenoxy) is 1. The first-order chi connectivity index (χ1) is 11.2. The summed E-state index contributed by atoms with van der Waals surface area (Å²) >= 11 is 0. The van der Waals surface area contributed by atoms with Crippen molar-refractivity contribution >= 4 is 5.95 Å². The number of nitrogens with zero attached hydrogens (tertiary/aromatic N) is 4. The fraction of sp³-hybridized carbons (Fsp3) is 0.133. The van der Waals surface area contributed by atoms with Gasteiger partial charge in [0.05, 0.1) is 12.2 Å². The van der Waals surface area contributed by atoms with Gasteiger partial charge in [-0.25, -0.2) is 8.78 Å². The van der Waals surface area contributed by atoms with E-state index in [0.29, 0.717) is 12.5 Å². The molecule has 8 heteroatoms. The Morgan fingerprint density at radius 3 is 2.70 bits per heavy atom. The van der Waals surface area contributed by atoms with Crippen LogP contribution in [0.3, 0.4) is 0 Å². The van der Waals surface area contributed by atoms with Crippen LogP contribution in [0.25, 0.3) is 5.69 Å². The number of para-hydroxylation sites is 1. The van der Waals surface area contributed by atoms with E-state index in [1.54, 1.807) is 4.68 Å². The van der Waals surface area contributed by atoms with Crippen molar-refractivity contribution in [2.45, 2.75) is 0 Å². The van der Waals surface area contributed by atoms with E-state index < -0.39 is 11.6 Å². The number of halogens is 2. The second-order valence-corrected chi connectivity index (χ2v) is 4.60. The van der Waals surface area contributed by atoms with Crippen LogP contribution in [0.2, 0.25) is 0 Å². The zero-order chi connectivity index (χ0) is 16.1. The first kappa shape index (κ1) is 14.9. The molecule has 1 N–H and O–H groups in total. The highest BCUT2D eigenvalue weighted by Gasteiger charge is 2.08. The lowest BCUT2D eigenvalue weighted by molar-refractivity contribution is 0.313. The average Bonchev–Trinajstić information content (AvgIpc) is 3.02. The van der Waals surface area contributed by atoms with E-state index in [2.05, 4.69) is 20.8 Å². The molecule has 1 heterocycles. The second kappa shape index (κ2) is 6.82. The summed E-state index contributed by atoms with van der Waals surface area (Å²) in [5, 5.41) is 14.4. The Balaban J connectivity index is 1.57. The molecule has 0 amide bonds. The third kappa shape index (κ3) is 3.60. The van der Waals surface area contributed by atoms with Crippen LogP contribution in [-0.2, 0) is 0 Å². The second-order valence-electron chi connectivity index (χ2n) is 4.60. The van der Waals surface area contributed by atoms with Crippen LogP contribution in [0.15, 0.2) is 48.5 Å². The Labute approximate surface area is 130 Å². The van der Waals surface area contributed by atoms with E-state index >= 15 is 0 Å². The van der Waals surface area contributed by atoms with Gasteiger partial charge < -0.3 is 10.1 Å². The van der Waals surface area contributed by atoms with E-state index in [1.165, 1.54) is 6.07 Å². The summed E-state index contributed by atoms with van der Waals surface area (Å²) in [6.07, 6.45) is 0. The zero-order valence-corrected chi connectivity index (χ0v) is 12.0. The first-order valence-corrected chi connectivity index (χ1v) is 6.89. The predicted octanol–water partition coefficient (Wildman–Crippen LogP) is 2.43. The summed E-state index contributed by atoms with van der Waals surface area (Å²) < 4.78 is 33.0. The van der Waals surface area contributed by atoms with Crippen molar-refractivity contribution in [1.82, 2.24) is 20.2 Å². The van der Waals surface area contributed by atoms with Crippen molar-refractivity contribution < 1.29 is 13.5 Å². The number of hydrogen-bond donors (Lipinski definition) is 1. The minimum Gasteiger partial charge on any atom is -0.489 e. The molecule has 0 saturated carbocycles. The van der Waals surface area contributed by atoms with Gasteiger partial charge in [-0.3, -0.25) is 0 Å². The van der Waals surface area contributed by atoms with Crippen LogP contribution in [0.1, 0.15) is 0 Å². The van der Waals surface area contributed by atoms with Crippen molar-refractivity contribution in [1.29, 1.82) is 0 Å². The van der Waals surface area contributed by atoms with Gasteiger partial charge in [0.25, 0.3) is 0 Å². The highest BCUT2D eigenvalue weighted by atomic mass is 19.1. The molecule has 0 radical (unpaired) electrons. The molecule has 6 nitrogen and oxygen atoms in total. The maximum Gasteiger partial charge on any atom is 0.247 e. The van der Waals surface area contributed by atoms with Gasteiger partial charge in [-0.2, -0.15) is 4.68 Å². The lowest BCUT2D eigenvalue weighted by atomic mass is 10.3. The summed E-state index contributed by atoms with van der Waals surface area (Å²) in [6.45, 7) is 0.522. The summed E-state index contributed by atoms with van der Waals surface area (Å²) in [4.78, 5) is 0. The van der Waals surface area contributed by atoms with Gasteiger partial charge in [0, 0.05) is 6.07 Å². The van der Waals surface area contributed by atoms with Crippen LogP contribution >= 0.6 is 0 Å². The van der Waals surface area contributed by atoms with Crippen LogP contribution in [0, 0.1) is 11.6 Å². The Morgan fingerprint density at radius 2 is 1.91 bits per heavy atom. The van der Waals surface area contributed by atoms with Crippen LogP contribution in [-0.4, -0.2) is 33.4 Å². The quantitative estimate of drug-likeness (QED) is 0.707. The number of rotatable bonds is 6. The molecule has 0 aliphatic heterocycles. The number of benzene rings is 2. The van der Waals surface area contributed by atoms with Crippen LogP contribution in [0.4, 0.5) is 14.7 Å². The molecule has 0 unspecified atom stereocenters. The molecule has 3 rings (SSSR count). The Morgan fingerprint density at radius 1 is 1.09 bits per heavy atom. The molecule has 3 aromatic rings. The Hall–Kier alpha value is -3.03. The molecule has 0 saturated heterocycles. The Bertz CT molecular complexity index is 779. The molecule has 118 valence electrons. The largest absolute Gasteiger partial charge is 0.489 e. The van der Waals surface area contributed by atoms with Crippen molar-refractivity contribution in [2.75, 3.05) is 18.5 Å². The fourth-order valence-electron chi connectivity index (χ4n) is 1.96. The normalized spacial score (nSPS) is 10.5. The number of hydrogen-bond acceptors (Lipinski definition) is 5. The summed E-state index contributed by atoms with van der Waals surface area (Å²) in [5.41, 5.74) is 0.811. The molecule has 0 spiro atoms. The fourth-order valence-corrected chi connectivity index (χ4v) is 1.96. The molecule has 0 aliphatic rings. The SMILES string of the molecule is Fc1ccc(OCCNc2nnnn2-c2ccccc2)c(F)c1. The molecule has 23 heavy (non-hydrogen) atoms. The molecular weight excluding hydrogens is 304 g/mol.